The normalized spacial score (nSPS) is 16.0. The van der Waals surface area contributed by atoms with Gasteiger partial charge in [-0.15, -0.1) is 0 Å². The van der Waals surface area contributed by atoms with Crippen LogP contribution in [0.15, 0.2) is 36.4 Å². The largest absolute Gasteiger partial charge is 0.497 e. The summed E-state index contributed by atoms with van der Waals surface area (Å²) in [6, 6.07) is 11.8. The number of ether oxygens (including phenoxy) is 2. The molecule has 0 aliphatic heterocycles. The topological polar surface area (TPSA) is 63.4 Å². The number of rotatable bonds is 4. The average molecular weight is 364 g/mol. The maximum Gasteiger partial charge on any atom is 0.251 e. The van der Waals surface area contributed by atoms with E-state index >= 15 is 0 Å². The average Bonchev–Trinajstić information content (AvgIpc) is 3.04. The maximum atomic E-state index is 12.8. The third kappa shape index (κ3) is 3.37. The highest BCUT2D eigenvalue weighted by molar-refractivity contribution is 5.95. The van der Waals surface area contributed by atoms with E-state index in [9.17, 15) is 4.79 Å². The molecule has 0 spiro atoms. The minimum atomic E-state index is -0.100. The molecule has 1 aromatic heterocycles. The van der Waals surface area contributed by atoms with Gasteiger partial charge in [-0.25, -0.2) is 0 Å². The zero-order valence-electron chi connectivity index (χ0n) is 15.9. The van der Waals surface area contributed by atoms with Gasteiger partial charge in [-0.2, -0.15) is 0 Å². The number of aromatic amines is 1. The zero-order chi connectivity index (χ0) is 19.0. The van der Waals surface area contributed by atoms with Crippen LogP contribution in [0.2, 0.25) is 0 Å². The molecule has 0 saturated carbocycles. The van der Waals surface area contributed by atoms with Gasteiger partial charge in [0.2, 0.25) is 0 Å². The van der Waals surface area contributed by atoms with Gasteiger partial charge in [0, 0.05) is 34.3 Å². The molecule has 1 atom stereocenters. The Bertz CT molecular complexity index is 984. The van der Waals surface area contributed by atoms with Crippen LogP contribution >= 0.6 is 0 Å². The lowest BCUT2D eigenvalue weighted by molar-refractivity contribution is 0.0933. The fourth-order valence-corrected chi connectivity index (χ4v) is 3.86. The standard InChI is InChI=1S/C22H24N2O3/c1-13-4-6-20-18(8-13)19-11-15(5-7-21(19)24-20)23-22(25)14-9-16(26-2)12-17(10-14)27-3/h4,6,8-10,12,15,24H,5,7,11H2,1-3H3,(H,23,25). The third-order valence-corrected chi connectivity index (χ3v) is 5.29. The fourth-order valence-electron chi connectivity index (χ4n) is 3.86. The van der Waals surface area contributed by atoms with Gasteiger partial charge in [-0.05, 0) is 56.0 Å². The van der Waals surface area contributed by atoms with Crippen LogP contribution in [0.5, 0.6) is 11.5 Å². The highest BCUT2D eigenvalue weighted by Crippen LogP contribution is 2.30. The summed E-state index contributed by atoms with van der Waals surface area (Å²) in [5.41, 5.74) is 5.60. The van der Waals surface area contributed by atoms with E-state index in [1.54, 1.807) is 32.4 Å². The number of benzene rings is 2. The minimum absolute atomic E-state index is 0.100. The summed E-state index contributed by atoms with van der Waals surface area (Å²) >= 11 is 0. The Kier molecular flexibility index (Phi) is 4.52. The van der Waals surface area contributed by atoms with Crippen LogP contribution in [0.1, 0.15) is 33.6 Å². The van der Waals surface area contributed by atoms with Gasteiger partial charge in [0.15, 0.2) is 0 Å². The summed E-state index contributed by atoms with van der Waals surface area (Å²) in [5, 5.41) is 4.45. The summed E-state index contributed by atoms with van der Waals surface area (Å²) in [6.45, 7) is 2.11. The second-order valence-electron chi connectivity index (χ2n) is 7.15. The first-order valence-corrected chi connectivity index (χ1v) is 9.21. The van der Waals surface area contributed by atoms with Gasteiger partial charge < -0.3 is 19.8 Å². The molecule has 3 aromatic rings. The van der Waals surface area contributed by atoms with E-state index in [1.807, 2.05) is 0 Å². The molecule has 2 aromatic carbocycles. The van der Waals surface area contributed by atoms with E-state index in [2.05, 4.69) is 35.4 Å². The smallest absolute Gasteiger partial charge is 0.251 e. The molecule has 0 fully saturated rings. The fraction of sp³-hybridized carbons (Fsp3) is 0.318. The van der Waals surface area contributed by atoms with Crippen molar-refractivity contribution >= 4 is 16.8 Å². The van der Waals surface area contributed by atoms with Crippen LogP contribution in [-0.4, -0.2) is 31.2 Å². The van der Waals surface area contributed by atoms with Crippen LogP contribution in [-0.2, 0) is 12.8 Å². The number of amides is 1. The Morgan fingerprint density at radius 2 is 1.85 bits per heavy atom. The lowest BCUT2D eigenvalue weighted by Crippen LogP contribution is -2.38. The first-order valence-electron chi connectivity index (χ1n) is 9.21. The molecule has 1 heterocycles. The van der Waals surface area contributed by atoms with Gasteiger partial charge in [0.25, 0.3) is 5.91 Å². The molecule has 0 saturated heterocycles. The van der Waals surface area contributed by atoms with Crippen molar-refractivity contribution in [2.75, 3.05) is 14.2 Å². The molecule has 1 amide bonds. The van der Waals surface area contributed by atoms with Crippen molar-refractivity contribution in [3.63, 3.8) is 0 Å². The van der Waals surface area contributed by atoms with Crippen molar-refractivity contribution in [2.24, 2.45) is 0 Å². The molecule has 1 aliphatic rings. The summed E-state index contributed by atoms with van der Waals surface area (Å²) < 4.78 is 10.5. The lowest BCUT2D eigenvalue weighted by atomic mass is 9.91. The van der Waals surface area contributed by atoms with E-state index in [0.717, 1.165) is 19.3 Å². The molecule has 1 unspecified atom stereocenters. The van der Waals surface area contributed by atoms with Crippen molar-refractivity contribution in [2.45, 2.75) is 32.2 Å². The number of nitrogens with one attached hydrogen (secondary N) is 2. The molecule has 27 heavy (non-hydrogen) atoms. The molecule has 5 nitrogen and oxygen atoms in total. The first kappa shape index (κ1) is 17.5. The van der Waals surface area contributed by atoms with Crippen molar-refractivity contribution in [1.29, 1.82) is 0 Å². The van der Waals surface area contributed by atoms with Crippen LogP contribution in [0.4, 0.5) is 0 Å². The van der Waals surface area contributed by atoms with Gasteiger partial charge in [-0.3, -0.25) is 4.79 Å². The first-order chi connectivity index (χ1) is 13.1. The van der Waals surface area contributed by atoms with E-state index in [-0.39, 0.29) is 11.9 Å². The lowest BCUT2D eigenvalue weighted by Gasteiger charge is -2.24. The molecule has 2 N–H and O–H groups in total. The number of aryl methyl sites for hydroxylation is 2. The highest BCUT2D eigenvalue weighted by Gasteiger charge is 2.24. The van der Waals surface area contributed by atoms with Gasteiger partial charge in [-0.1, -0.05) is 11.6 Å². The summed E-state index contributed by atoms with van der Waals surface area (Å²) in [6.07, 6.45) is 2.70. The van der Waals surface area contributed by atoms with Gasteiger partial charge >= 0.3 is 0 Å². The molecule has 140 valence electrons. The second-order valence-corrected chi connectivity index (χ2v) is 7.15. The number of hydrogen-bond acceptors (Lipinski definition) is 3. The Hall–Kier alpha value is -2.95. The SMILES string of the molecule is COc1cc(OC)cc(C(=O)NC2CCc3[nH]c4ccc(C)cc4c3C2)c1. The Morgan fingerprint density at radius 3 is 2.56 bits per heavy atom. The molecule has 4 rings (SSSR count). The number of H-pyrrole nitrogens is 1. The number of carbonyl (C=O) groups is 1. The number of aromatic nitrogens is 1. The van der Waals surface area contributed by atoms with Crippen LogP contribution in [0, 0.1) is 6.92 Å². The molecule has 0 bridgehead atoms. The monoisotopic (exact) mass is 364 g/mol. The summed E-state index contributed by atoms with van der Waals surface area (Å²) in [4.78, 5) is 16.3. The second kappa shape index (κ2) is 6.99. The number of hydrogen-bond donors (Lipinski definition) is 2. The van der Waals surface area contributed by atoms with E-state index in [4.69, 9.17) is 9.47 Å². The number of methoxy groups -OCH3 is 2. The van der Waals surface area contributed by atoms with Crippen LogP contribution in [0.3, 0.4) is 0 Å². The minimum Gasteiger partial charge on any atom is -0.497 e. The van der Waals surface area contributed by atoms with E-state index in [1.165, 1.54) is 27.7 Å². The van der Waals surface area contributed by atoms with Crippen molar-refractivity contribution in [3.8, 4) is 11.5 Å². The zero-order valence-corrected chi connectivity index (χ0v) is 15.9. The maximum absolute atomic E-state index is 12.8. The Labute approximate surface area is 158 Å². The quantitative estimate of drug-likeness (QED) is 0.740. The number of carbonyl (C=O) groups excluding carboxylic acids is 1. The molecular formula is C22H24N2O3. The third-order valence-electron chi connectivity index (χ3n) is 5.29. The molecular weight excluding hydrogens is 340 g/mol. The van der Waals surface area contributed by atoms with Crippen LogP contribution < -0.4 is 14.8 Å². The van der Waals surface area contributed by atoms with Gasteiger partial charge in [0.05, 0.1) is 14.2 Å². The Balaban J connectivity index is 1.55. The van der Waals surface area contributed by atoms with E-state index < -0.39 is 0 Å². The summed E-state index contributed by atoms with van der Waals surface area (Å²) in [7, 11) is 3.16. The molecule has 5 heteroatoms. The number of fused-ring (bicyclic) bond motifs is 3. The molecule has 0 radical (unpaired) electrons. The van der Waals surface area contributed by atoms with Gasteiger partial charge in [0.1, 0.15) is 11.5 Å². The van der Waals surface area contributed by atoms with E-state index in [0.29, 0.717) is 17.1 Å². The van der Waals surface area contributed by atoms with Crippen molar-refractivity contribution in [3.05, 3.63) is 58.8 Å². The highest BCUT2D eigenvalue weighted by atomic mass is 16.5. The van der Waals surface area contributed by atoms with Crippen molar-refractivity contribution in [1.82, 2.24) is 10.3 Å². The predicted molar refractivity (Wildman–Crippen MR) is 106 cm³/mol. The summed E-state index contributed by atoms with van der Waals surface area (Å²) in [5.74, 6) is 1.12. The van der Waals surface area contributed by atoms with Crippen molar-refractivity contribution < 1.29 is 14.3 Å². The van der Waals surface area contributed by atoms with Crippen LogP contribution in [0.25, 0.3) is 10.9 Å². The Morgan fingerprint density at radius 1 is 1.11 bits per heavy atom. The molecule has 1 aliphatic carbocycles. The predicted octanol–water partition coefficient (Wildman–Crippen LogP) is 3.78.